The quantitative estimate of drug-likeness (QED) is 0.638. The molecule has 25 heavy (non-hydrogen) atoms. The van der Waals surface area contributed by atoms with Crippen LogP contribution in [0.4, 0.5) is 0 Å². The molecule has 2 N–H and O–H groups in total. The van der Waals surface area contributed by atoms with Crippen molar-refractivity contribution in [3.8, 4) is 0 Å². The van der Waals surface area contributed by atoms with Crippen LogP contribution in [0.3, 0.4) is 0 Å². The SMILES string of the molecule is CN=C(NCc1ccc(C(=O)N(C)C)cc1)NCC1CCCC(C)C1. The van der Waals surface area contributed by atoms with E-state index in [1.165, 1.54) is 25.7 Å². The number of carbonyl (C=O) groups excluding carboxylic acids is 1. The number of nitrogens with zero attached hydrogens (tertiary/aromatic N) is 2. The zero-order valence-corrected chi connectivity index (χ0v) is 16.0. The maximum atomic E-state index is 11.9. The zero-order chi connectivity index (χ0) is 18.2. The number of hydrogen-bond donors (Lipinski definition) is 2. The van der Waals surface area contributed by atoms with E-state index in [4.69, 9.17) is 0 Å². The third kappa shape index (κ3) is 6.07. The van der Waals surface area contributed by atoms with E-state index < -0.39 is 0 Å². The van der Waals surface area contributed by atoms with Gasteiger partial charge in [0.2, 0.25) is 0 Å². The number of hydrogen-bond acceptors (Lipinski definition) is 2. The Morgan fingerprint density at radius 3 is 2.52 bits per heavy atom. The van der Waals surface area contributed by atoms with Gasteiger partial charge in [-0.05, 0) is 42.4 Å². The van der Waals surface area contributed by atoms with Gasteiger partial charge in [-0.3, -0.25) is 9.79 Å². The molecule has 5 nitrogen and oxygen atoms in total. The molecule has 1 aromatic carbocycles. The van der Waals surface area contributed by atoms with Gasteiger partial charge < -0.3 is 15.5 Å². The molecule has 2 unspecified atom stereocenters. The van der Waals surface area contributed by atoms with Crippen LogP contribution in [0.15, 0.2) is 29.3 Å². The molecule has 0 spiro atoms. The fourth-order valence-electron chi connectivity index (χ4n) is 3.42. The lowest BCUT2D eigenvalue weighted by molar-refractivity contribution is 0.0827. The van der Waals surface area contributed by atoms with Crippen LogP contribution in [0.25, 0.3) is 0 Å². The van der Waals surface area contributed by atoms with Gasteiger partial charge in [0.1, 0.15) is 0 Å². The molecule has 1 amide bonds. The first kappa shape index (κ1) is 19.3. The van der Waals surface area contributed by atoms with E-state index in [-0.39, 0.29) is 5.91 Å². The van der Waals surface area contributed by atoms with Crippen molar-refractivity contribution in [2.75, 3.05) is 27.7 Å². The minimum Gasteiger partial charge on any atom is -0.356 e. The Bertz CT molecular complexity index is 580. The maximum Gasteiger partial charge on any atom is 0.253 e. The lowest BCUT2D eigenvalue weighted by Gasteiger charge is -2.27. The van der Waals surface area contributed by atoms with Gasteiger partial charge in [0.05, 0.1) is 0 Å². The van der Waals surface area contributed by atoms with Gasteiger partial charge in [0, 0.05) is 39.8 Å². The molecule has 0 radical (unpaired) electrons. The fraction of sp³-hybridized carbons (Fsp3) is 0.600. The zero-order valence-electron chi connectivity index (χ0n) is 16.0. The Morgan fingerprint density at radius 2 is 1.92 bits per heavy atom. The summed E-state index contributed by atoms with van der Waals surface area (Å²) < 4.78 is 0. The molecule has 1 aromatic rings. The number of nitrogens with one attached hydrogen (secondary N) is 2. The molecular formula is C20H32N4O. The van der Waals surface area contributed by atoms with E-state index in [9.17, 15) is 4.79 Å². The van der Waals surface area contributed by atoms with Gasteiger partial charge in [-0.15, -0.1) is 0 Å². The van der Waals surface area contributed by atoms with Crippen molar-refractivity contribution in [3.63, 3.8) is 0 Å². The molecule has 1 fully saturated rings. The van der Waals surface area contributed by atoms with E-state index in [0.717, 1.165) is 29.9 Å². The Hall–Kier alpha value is -2.04. The van der Waals surface area contributed by atoms with Crippen molar-refractivity contribution in [2.45, 2.75) is 39.2 Å². The molecule has 1 aliphatic rings. The van der Waals surface area contributed by atoms with Gasteiger partial charge in [-0.25, -0.2) is 0 Å². The molecule has 5 heteroatoms. The predicted octanol–water partition coefficient (Wildman–Crippen LogP) is 2.88. The summed E-state index contributed by atoms with van der Waals surface area (Å²) in [6.45, 7) is 4.03. The number of guanidine groups is 1. The Labute approximate surface area is 151 Å². The minimum atomic E-state index is 0.0266. The largest absolute Gasteiger partial charge is 0.356 e. The average Bonchev–Trinajstić information content (AvgIpc) is 2.61. The second-order valence-corrected chi connectivity index (χ2v) is 7.34. The molecule has 1 saturated carbocycles. The van der Waals surface area contributed by atoms with Crippen molar-refractivity contribution in [3.05, 3.63) is 35.4 Å². The van der Waals surface area contributed by atoms with Crippen molar-refractivity contribution in [2.24, 2.45) is 16.8 Å². The second-order valence-electron chi connectivity index (χ2n) is 7.34. The normalized spacial score (nSPS) is 20.9. The molecule has 0 aliphatic heterocycles. The van der Waals surface area contributed by atoms with Gasteiger partial charge in [-0.1, -0.05) is 31.9 Å². The highest BCUT2D eigenvalue weighted by molar-refractivity contribution is 5.93. The van der Waals surface area contributed by atoms with Crippen LogP contribution in [0.5, 0.6) is 0 Å². The van der Waals surface area contributed by atoms with Crippen LogP contribution in [-0.4, -0.2) is 44.5 Å². The first-order valence-corrected chi connectivity index (χ1v) is 9.24. The lowest BCUT2D eigenvalue weighted by atomic mass is 9.82. The summed E-state index contributed by atoms with van der Waals surface area (Å²) in [6.07, 6.45) is 5.34. The van der Waals surface area contributed by atoms with E-state index in [1.807, 2.05) is 24.3 Å². The predicted molar refractivity (Wildman–Crippen MR) is 104 cm³/mol. The number of amides is 1. The summed E-state index contributed by atoms with van der Waals surface area (Å²) >= 11 is 0. The topological polar surface area (TPSA) is 56.7 Å². The monoisotopic (exact) mass is 344 g/mol. The first-order chi connectivity index (χ1) is 12.0. The molecule has 0 aromatic heterocycles. The maximum absolute atomic E-state index is 11.9. The summed E-state index contributed by atoms with van der Waals surface area (Å²) in [5.41, 5.74) is 1.84. The first-order valence-electron chi connectivity index (χ1n) is 9.24. The standard InChI is InChI=1S/C20H32N4O/c1-15-6-5-7-17(12-15)14-23-20(21-2)22-13-16-8-10-18(11-9-16)19(25)24(3)4/h8-11,15,17H,5-7,12-14H2,1-4H3,(H2,21,22,23). The van der Waals surface area contributed by atoms with Crippen LogP contribution in [0.1, 0.15) is 48.5 Å². The number of carbonyl (C=O) groups is 1. The highest BCUT2D eigenvalue weighted by atomic mass is 16.2. The molecule has 138 valence electrons. The van der Waals surface area contributed by atoms with Gasteiger partial charge in [0.25, 0.3) is 5.91 Å². The highest BCUT2D eigenvalue weighted by Gasteiger charge is 2.18. The molecule has 1 aliphatic carbocycles. The third-order valence-electron chi connectivity index (χ3n) is 4.89. The Kier molecular flexibility index (Phi) is 7.29. The van der Waals surface area contributed by atoms with Crippen molar-refractivity contribution >= 4 is 11.9 Å². The highest BCUT2D eigenvalue weighted by Crippen LogP contribution is 2.27. The van der Waals surface area contributed by atoms with Crippen LogP contribution in [0.2, 0.25) is 0 Å². The van der Waals surface area contributed by atoms with Crippen LogP contribution >= 0.6 is 0 Å². The molecule has 0 heterocycles. The summed E-state index contributed by atoms with van der Waals surface area (Å²) in [6, 6.07) is 7.72. The number of rotatable bonds is 5. The minimum absolute atomic E-state index is 0.0266. The second kappa shape index (κ2) is 9.44. The molecule has 0 bridgehead atoms. The van der Waals surface area contributed by atoms with Crippen LogP contribution in [-0.2, 0) is 6.54 Å². The number of aliphatic imine (C=N–C) groups is 1. The molecule has 2 rings (SSSR count). The van der Waals surface area contributed by atoms with E-state index >= 15 is 0 Å². The average molecular weight is 345 g/mol. The smallest absolute Gasteiger partial charge is 0.253 e. The van der Waals surface area contributed by atoms with E-state index in [2.05, 4.69) is 22.5 Å². The fourth-order valence-corrected chi connectivity index (χ4v) is 3.42. The lowest BCUT2D eigenvalue weighted by Crippen LogP contribution is -2.40. The van der Waals surface area contributed by atoms with Crippen LogP contribution < -0.4 is 10.6 Å². The number of benzene rings is 1. The summed E-state index contributed by atoms with van der Waals surface area (Å²) in [5.74, 6) is 2.46. The van der Waals surface area contributed by atoms with Gasteiger partial charge in [0.15, 0.2) is 5.96 Å². The summed E-state index contributed by atoms with van der Waals surface area (Å²) in [4.78, 5) is 17.8. The van der Waals surface area contributed by atoms with Gasteiger partial charge >= 0.3 is 0 Å². The van der Waals surface area contributed by atoms with Crippen molar-refractivity contribution < 1.29 is 4.79 Å². The van der Waals surface area contributed by atoms with Crippen molar-refractivity contribution in [1.82, 2.24) is 15.5 Å². The van der Waals surface area contributed by atoms with Gasteiger partial charge in [-0.2, -0.15) is 0 Å². The Morgan fingerprint density at radius 1 is 1.20 bits per heavy atom. The Balaban J connectivity index is 1.79. The van der Waals surface area contributed by atoms with Crippen molar-refractivity contribution in [1.29, 1.82) is 0 Å². The molecule has 2 atom stereocenters. The third-order valence-corrected chi connectivity index (χ3v) is 4.89. The summed E-state index contributed by atoms with van der Waals surface area (Å²) in [5, 5.41) is 6.80. The van der Waals surface area contributed by atoms with E-state index in [0.29, 0.717) is 12.1 Å². The van der Waals surface area contributed by atoms with Crippen LogP contribution in [0, 0.1) is 11.8 Å². The summed E-state index contributed by atoms with van der Waals surface area (Å²) in [7, 11) is 5.33. The molecule has 0 saturated heterocycles. The van der Waals surface area contributed by atoms with E-state index in [1.54, 1.807) is 26.0 Å². The molecular weight excluding hydrogens is 312 g/mol.